The van der Waals surface area contributed by atoms with Gasteiger partial charge in [-0.05, 0) is 72.1 Å². The Bertz CT molecular complexity index is 558. The predicted molar refractivity (Wildman–Crippen MR) is 134 cm³/mol. The first kappa shape index (κ1) is 29.5. The van der Waals surface area contributed by atoms with E-state index in [2.05, 4.69) is 66.3 Å². The number of hydrogen-bond acceptors (Lipinski definition) is 1. The molecule has 0 aromatic heterocycles. The van der Waals surface area contributed by atoms with Gasteiger partial charge in [-0.2, -0.15) is 0 Å². The van der Waals surface area contributed by atoms with Crippen molar-refractivity contribution in [3.05, 3.63) is 23.3 Å². The lowest BCUT2D eigenvalue weighted by atomic mass is 9.92. The second-order valence-electron chi connectivity index (χ2n) is 10.4. The van der Waals surface area contributed by atoms with Gasteiger partial charge in [0.2, 0.25) is 5.91 Å². The zero-order valence-electron chi connectivity index (χ0n) is 20.8. The Balaban J connectivity index is 4.23. The van der Waals surface area contributed by atoms with Gasteiger partial charge in [0.15, 0.2) is 0 Å². The lowest BCUT2D eigenvalue weighted by Crippen LogP contribution is -2.42. The van der Waals surface area contributed by atoms with E-state index in [0.717, 1.165) is 49.6 Å². The van der Waals surface area contributed by atoms with Crippen molar-refractivity contribution in [1.29, 1.82) is 0 Å². The van der Waals surface area contributed by atoms with E-state index in [1.54, 1.807) is 0 Å². The van der Waals surface area contributed by atoms with Crippen molar-refractivity contribution in [1.82, 2.24) is 5.32 Å². The molecule has 0 spiro atoms. The smallest absolute Gasteiger partial charge is 0.220 e. The molecule has 3 nitrogen and oxygen atoms in total. The van der Waals surface area contributed by atoms with Gasteiger partial charge in [0.05, 0.1) is 44.5 Å². The number of amides is 1. The summed E-state index contributed by atoms with van der Waals surface area (Å²) in [5.41, 5.74) is 2.79. The minimum absolute atomic E-state index is 0.0951. The van der Waals surface area contributed by atoms with Gasteiger partial charge in [0.25, 0.3) is 0 Å². The highest BCUT2D eigenvalue weighted by molar-refractivity contribution is 6.32. The van der Waals surface area contributed by atoms with Gasteiger partial charge in [-0.1, -0.05) is 30.2 Å². The maximum atomic E-state index is 12.1. The first-order chi connectivity index (χ1) is 13.7. The quantitative estimate of drug-likeness (QED) is 0.164. The molecular formula is C25H47Cl2N2O+. The Morgan fingerprint density at radius 2 is 1.73 bits per heavy atom. The van der Waals surface area contributed by atoms with Gasteiger partial charge in [0, 0.05) is 6.42 Å². The van der Waals surface area contributed by atoms with Crippen molar-refractivity contribution >= 4 is 29.1 Å². The summed E-state index contributed by atoms with van der Waals surface area (Å²) in [6.45, 7) is 12.3. The summed E-state index contributed by atoms with van der Waals surface area (Å²) in [5.74, 6) is 0.435. The third kappa shape index (κ3) is 16.2. The van der Waals surface area contributed by atoms with Crippen molar-refractivity contribution in [3.63, 3.8) is 0 Å². The van der Waals surface area contributed by atoms with Gasteiger partial charge >= 0.3 is 0 Å². The number of carbonyl (C=O) groups excluding carboxylic acids is 1. The Hall–Kier alpha value is -0.510. The van der Waals surface area contributed by atoms with Crippen LogP contribution >= 0.6 is 23.2 Å². The van der Waals surface area contributed by atoms with Gasteiger partial charge in [0.1, 0.15) is 0 Å². The zero-order valence-corrected chi connectivity index (χ0v) is 22.3. The third-order valence-electron chi connectivity index (χ3n) is 5.42. The maximum Gasteiger partial charge on any atom is 0.220 e. The first-order valence-electron chi connectivity index (χ1n) is 11.4. The van der Waals surface area contributed by atoms with Crippen molar-refractivity contribution in [2.75, 3.05) is 34.2 Å². The fourth-order valence-corrected chi connectivity index (χ4v) is 3.65. The molecule has 1 amide bonds. The van der Waals surface area contributed by atoms with Crippen LogP contribution < -0.4 is 5.32 Å². The van der Waals surface area contributed by atoms with Crippen LogP contribution in [0.1, 0.15) is 79.6 Å². The minimum Gasteiger partial charge on any atom is -0.350 e. The van der Waals surface area contributed by atoms with E-state index in [9.17, 15) is 4.79 Å². The molecule has 0 aliphatic rings. The Kier molecular flexibility index (Phi) is 14.3. The van der Waals surface area contributed by atoms with E-state index in [-0.39, 0.29) is 11.3 Å². The molecule has 0 rings (SSSR count). The monoisotopic (exact) mass is 461 g/mol. The van der Waals surface area contributed by atoms with Crippen LogP contribution in [0.15, 0.2) is 23.3 Å². The molecule has 3 atom stereocenters. The molecule has 0 aliphatic heterocycles. The number of carbonyl (C=O) groups is 1. The standard InChI is InChI=1S/C25H46Cl2N2O/c1-20(2)11-9-12-21(3)13-10-16-25(5,27)23(26)15-14-22(4)19-24(30)28-17-18-29(6,7)8/h11,13,22-23H,9-10,12,14-19H2,1-8H3/p+1. The summed E-state index contributed by atoms with van der Waals surface area (Å²) >= 11 is 13.4. The molecule has 0 aromatic carbocycles. The molecule has 1 N–H and O–H groups in total. The fourth-order valence-electron chi connectivity index (χ4n) is 3.20. The highest BCUT2D eigenvalue weighted by atomic mass is 35.5. The number of nitrogens with zero attached hydrogens (tertiary/aromatic N) is 1. The number of rotatable bonds is 15. The van der Waals surface area contributed by atoms with Crippen molar-refractivity contribution < 1.29 is 9.28 Å². The Labute approximate surface area is 196 Å². The molecule has 0 saturated carbocycles. The van der Waals surface area contributed by atoms with Crippen LogP contribution in [-0.4, -0.2) is 54.9 Å². The molecule has 0 fully saturated rings. The molecule has 0 aromatic rings. The molecular weight excluding hydrogens is 415 g/mol. The summed E-state index contributed by atoms with van der Waals surface area (Å²) in [7, 11) is 6.38. The average molecular weight is 463 g/mol. The molecule has 0 aliphatic carbocycles. The van der Waals surface area contributed by atoms with E-state index >= 15 is 0 Å². The van der Waals surface area contributed by atoms with Crippen molar-refractivity contribution in [2.24, 2.45) is 5.92 Å². The number of hydrogen-bond donors (Lipinski definition) is 1. The predicted octanol–water partition coefficient (Wildman–Crippen LogP) is 6.69. The van der Waals surface area contributed by atoms with E-state index < -0.39 is 4.87 Å². The second kappa shape index (κ2) is 14.5. The van der Waals surface area contributed by atoms with Crippen LogP contribution in [0, 0.1) is 5.92 Å². The van der Waals surface area contributed by atoms with E-state index in [1.807, 2.05) is 6.92 Å². The summed E-state index contributed by atoms with van der Waals surface area (Å²) in [4.78, 5) is 11.7. The second-order valence-corrected chi connectivity index (χ2v) is 11.8. The van der Waals surface area contributed by atoms with Crippen LogP contribution in [0.2, 0.25) is 0 Å². The largest absolute Gasteiger partial charge is 0.350 e. The van der Waals surface area contributed by atoms with Crippen LogP contribution in [0.4, 0.5) is 0 Å². The summed E-state index contributed by atoms with van der Waals surface area (Å²) in [6, 6.07) is 0. The number of likely N-dealkylation sites (N-methyl/N-ethyl adjacent to an activating group) is 1. The number of allylic oxidation sites excluding steroid dienone is 4. The molecule has 5 heteroatoms. The Morgan fingerprint density at radius 3 is 2.30 bits per heavy atom. The van der Waals surface area contributed by atoms with Crippen LogP contribution in [-0.2, 0) is 4.79 Å². The van der Waals surface area contributed by atoms with Gasteiger partial charge in [-0.15, -0.1) is 23.2 Å². The van der Waals surface area contributed by atoms with Crippen LogP contribution in [0.3, 0.4) is 0 Å². The van der Waals surface area contributed by atoms with E-state index in [4.69, 9.17) is 23.2 Å². The highest BCUT2D eigenvalue weighted by Crippen LogP contribution is 2.33. The van der Waals surface area contributed by atoms with Gasteiger partial charge in [-0.3, -0.25) is 4.79 Å². The SMILES string of the molecule is CC(C)=CCCC(C)=CCCC(C)(Cl)C(Cl)CCC(C)CC(=O)NCC[N+](C)(C)C. The van der Waals surface area contributed by atoms with Crippen molar-refractivity contribution in [2.45, 2.75) is 89.8 Å². The Morgan fingerprint density at radius 1 is 1.10 bits per heavy atom. The molecule has 0 heterocycles. The van der Waals surface area contributed by atoms with Crippen LogP contribution in [0.5, 0.6) is 0 Å². The first-order valence-corrected chi connectivity index (χ1v) is 12.2. The average Bonchev–Trinajstić information content (AvgIpc) is 2.57. The van der Waals surface area contributed by atoms with E-state index in [0.29, 0.717) is 18.9 Å². The minimum atomic E-state index is -0.426. The summed E-state index contributed by atoms with van der Waals surface area (Å²) < 4.78 is 0.849. The number of nitrogens with one attached hydrogen (secondary N) is 1. The van der Waals surface area contributed by atoms with Crippen molar-refractivity contribution in [3.8, 4) is 0 Å². The molecule has 0 radical (unpaired) electrons. The van der Waals surface area contributed by atoms with E-state index in [1.165, 1.54) is 11.1 Å². The summed E-state index contributed by atoms with van der Waals surface area (Å²) in [6.07, 6.45) is 10.9. The summed E-state index contributed by atoms with van der Waals surface area (Å²) in [5, 5.41) is 2.93. The zero-order chi connectivity index (χ0) is 23.4. The van der Waals surface area contributed by atoms with Gasteiger partial charge in [-0.25, -0.2) is 0 Å². The van der Waals surface area contributed by atoms with Crippen LogP contribution in [0.25, 0.3) is 0 Å². The van der Waals surface area contributed by atoms with Gasteiger partial charge < -0.3 is 9.80 Å². The lowest BCUT2D eigenvalue weighted by molar-refractivity contribution is -0.869. The number of halogens is 2. The lowest BCUT2D eigenvalue weighted by Gasteiger charge is -2.28. The topological polar surface area (TPSA) is 29.1 Å². The maximum absolute atomic E-state index is 12.1. The molecule has 30 heavy (non-hydrogen) atoms. The molecule has 0 saturated heterocycles. The highest BCUT2D eigenvalue weighted by Gasteiger charge is 2.30. The normalized spacial score (nSPS) is 16.5. The third-order valence-corrected chi connectivity index (χ3v) is 6.69. The molecule has 3 unspecified atom stereocenters. The molecule has 0 bridgehead atoms. The fraction of sp³-hybridized carbons (Fsp3) is 0.800. The molecule has 176 valence electrons. The number of quaternary nitrogens is 1. The number of alkyl halides is 2.